The Bertz CT molecular complexity index is 589. The monoisotopic (exact) mass is 356 g/mol. The highest BCUT2D eigenvalue weighted by Gasteiger charge is 2.31. The van der Waals surface area contributed by atoms with Crippen LogP contribution in [0.5, 0.6) is 0 Å². The standard InChI is InChI=1S/C15H15BrF2N2O/c16-10-8-11(17)14(12(18)9-10)15(13-2-1-7-21-13)20-5-3-19-4-6-20/h1-2,7-9,15,19H,3-6H2/t15-/m0/s1. The molecule has 6 heteroatoms. The van der Waals surface area contributed by atoms with Gasteiger partial charge in [-0.1, -0.05) is 15.9 Å². The summed E-state index contributed by atoms with van der Waals surface area (Å²) in [6.45, 7) is 2.99. The van der Waals surface area contributed by atoms with Crippen molar-refractivity contribution in [2.24, 2.45) is 0 Å². The van der Waals surface area contributed by atoms with Crippen LogP contribution < -0.4 is 5.32 Å². The molecule has 1 saturated heterocycles. The van der Waals surface area contributed by atoms with E-state index in [1.165, 1.54) is 18.4 Å². The van der Waals surface area contributed by atoms with Gasteiger partial charge in [-0.15, -0.1) is 0 Å². The Hall–Kier alpha value is -1.24. The second-order valence-electron chi connectivity index (χ2n) is 4.99. The van der Waals surface area contributed by atoms with Gasteiger partial charge in [0.25, 0.3) is 0 Å². The Balaban J connectivity index is 2.07. The van der Waals surface area contributed by atoms with Gasteiger partial charge in [0.05, 0.1) is 12.3 Å². The molecule has 0 saturated carbocycles. The summed E-state index contributed by atoms with van der Waals surface area (Å²) in [6.07, 6.45) is 1.53. The fraction of sp³-hybridized carbons (Fsp3) is 0.333. The zero-order chi connectivity index (χ0) is 14.8. The van der Waals surface area contributed by atoms with E-state index in [1.807, 2.05) is 4.90 Å². The first-order valence-corrected chi connectivity index (χ1v) is 7.58. The normalized spacial score (nSPS) is 17.9. The maximum atomic E-state index is 14.4. The van der Waals surface area contributed by atoms with Crippen LogP contribution in [0.1, 0.15) is 17.4 Å². The fourth-order valence-electron chi connectivity index (χ4n) is 2.71. The first-order valence-electron chi connectivity index (χ1n) is 6.79. The quantitative estimate of drug-likeness (QED) is 0.914. The number of nitrogens with zero attached hydrogens (tertiary/aromatic N) is 1. The van der Waals surface area contributed by atoms with E-state index in [4.69, 9.17) is 4.42 Å². The van der Waals surface area contributed by atoms with E-state index in [0.717, 1.165) is 13.1 Å². The molecular weight excluding hydrogens is 342 g/mol. The number of hydrogen-bond donors (Lipinski definition) is 1. The van der Waals surface area contributed by atoms with Crippen molar-refractivity contribution in [3.63, 3.8) is 0 Å². The molecule has 0 aliphatic carbocycles. The van der Waals surface area contributed by atoms with Crippen molar-refractivity contribution in [3.8, 4) is 0 Å². The SMILES string of the molecule is Fc1cc(Br)cc(F)c1[C@H](c1ccco1)N1CCNCC1. The van der Waals surface area contributed by atoms with Crippen LogP contribution in [-0.2, 0) is 0 Å². The van der Waals surface area contributed by atoms with Crippen molar-refractivity contribution >= 4 is 15.9 Å². The summed E-state index contributed by atoms with van der Waals surface area (Å²) in [5.41, 5.74) is 0.0371. The minimum Gasteiger partial charge on any atom is -0.467 e. The van der Waals surface area contributed by atoms with Gasteiger partial charge in [-0.3, -0.25) is 4.90 Å². The molecule has 112 valence electrons. The van der Waals surface area contributed by atoms with Gasteiger partial charge < -0.3 is 9.73 Å². The highest BCUT2D eigenvalue weighted by Crippen LogP contribution is 2.34. The summed E-state index contributed by atoms with van der Waals surface area (Å²) in [4.78, 5) is 2.03. The van der Waals surface area contributed by atoms with Crippen LogP contribution in [-0.4, -0.2) is 31.1 Å². The molecule has 3 nitrogen and oxygen atoms in total. The minimum absolute atomic E-state index is 0.0371. The molecule has 0 amide bonds. The fourth-order valence-corrected chi connectivity index (χ4v) is 3.11. The van der Waals surface area contributed by atoms with Gasteiger partial charge in [-0.05, 0) is 24.3 Å². The highest BCUT2D eigenvalue weighted by molar-refractivity contribution is 9.10. The lowest BCUT2D eigenvalue weighted by molar-refractivity contribution is 0.173. The number of piperazine rings is 1. The summed E-state index contributed by atoms with van der Waals surface area (Å²) in [5, 5.41) is 3.24. The maximum absolute atomic E-state index is 14.4. The van der Waals surface area contributed by atoms with Crippen molar-refractivity contribution in [2.45, 2.75) is 6.04 Å². The molecule has 0 radical (unpaired) electrons. The molecule has 2 aromatic rings. The van der Waals surface area contributed by atoms with Crippen molar-refractivity contribution in [3.05, 3.63) is 58.0 Å². The molecule has 0 bridgehead atoms. The average Bonchev–Trinajstić information content (AvgIpc) is 2.97. The molecule has 1 aromatic heterocycles. The predicted octanol–water partition coefficient (Wildman–Crippen LogP) is 3.31. The third kappa shape index (κ3) is 3.02. The van der Waals surface area contributed by atoms with Crippen LogP contribution in [0.4, 0.5) is 8.78 Å². The Kier molecular flexibility index (Phi) is 4.37. The molecule has 1 atom stereocenters. The zero-order valence-electron chi connectivity index (χ0n) is 11.3. The Morgan fingerprint density at radius 3 is 2.43 bits per heavy atom. The summed E-state index contributed by atoms with van der Waals surface area (Å²) in [7, 11) is 0. The van der Waals surface area contributed by atoms with E-state index < -0.39 is 17.7 Å². The predicted molar refractivity (Wildman–Crippen MR) is 79.1 cm³/mol. The second kappa shape index (κ2) is 6.25. The molecular formula is C15H15BrF2N2O. The molecule has 0 unspecified atom stereocenters. The number of halogens is 3. The van der Waals surface area contributed by atoms with Crippen molar-refractivity contribution in [1.29, 1.82) is 0 Å². The van der Waals surface area contributed by atoms with Gasteiger partial charge in [0.15, 0.2) is 0 Å². The Morgan fingerprint density at radius 2 is 1.86 bits per heavy atom. The third-order valence-corrected chi connectivity index (χ3v) is 4.10. The van der Waals surface area contributed by atoms with Crippen molar-refractivity contribution in [2.75, 3.05) is 26.2 Å². The van der Waals surface area contributed by atoms with Gasteiger partial charge in [0.2, 0.25) is 0 Å². The summed E-state index contributed by atoms with van der Waals surface area (Å²) in [5.74, 6) is -0.583. The molecule has 2 heterocycles. The lowest BCUT2D eigenvalue weighted by Crippen LogP contribution is -2.45. The van der Waals surface area contributed by atoms with Crippen LogP contribution in [0.2, 0.25) is 0 Å². The van der Waals surface area contributed by atoms with Crippen LogP contribution in [0, 0.1) is 11.6 Å². The number of rotatable bonds is 3. The van der Waals surface area contributed by atoms with Gasteiger partial charge in [-0.2, -0.15) is 0 Å². The van der Waals surface area contributed by atoms with Crippen LogP contribution >= 0.6 is 15.9 Å². The number of nitrogens with one attached hydrogen (secondary N) is 1. The third-order valence-electron chi connectivity index (χ3n) is 3.65. The largest absolute Gasteiger partial charge is 0.467 e. The van der Waals surface area contributed by atoms with E-state index >= 15 is 0 Å². The molecule has 1 aliphatic rings. The Labute approximate surface area is 130 Å². The molecule has 3 rings (SSSR count). The van der Waals surface area contributed by atoms with Crippen LogP contribution in [0.3, 0.4) is 0 Å². The van der Waals surface area contributed by atoms with Crippen molar-refractivity contribution < 1.29 is 13.2 Å². The van der Waals surface area contributed by atoms with Gasteiger partial charge in [-0.25, -0.2) is 8.78 Å². The smallest absolute Gasteiger partial charge is 0.132 e. The van der Waals surface area contributed by atoms with Crippen molar-refractivity contribution in [1.82, 2.24) is 10.2 Å². The van der Waals surface area contributed by atoms with Gasteiger partial charge in [0.1, 0.15) is 17.4 Å². The molecule has 1 fully saturated rings. The molecule has 0 spiro atoms. The lowest BCUT2D eigenvalue weighted by Gasteiger charge is -2.34. The molecule has 21 heavy (non-hydrogen) atoms. The topological polar surface area (TPSA) is 28.4 Å². The molecule has 1 aliphatic heterocycles. The number of furan rings is 1. The van der Waals surface area contributed by atoms with Gasteiger partial charge in [0, 0.05) is 36.2 Å². The van der Waals surface area contributed by atoms with E-state index in [1.54, 1.807) is 12.1 Å². The molecule has 1 aromatic carbocycles. The molecule has 1 N–H and O–H groups in total. The van der Waals surface area contributed by atoms with E-state index in [0.29, 0.717) is 23.3 Å². The minimum atomic E-state index is -0.568. The lowest BCUT2D eigenvalue weighted by atomic mass is 10.0. The van der Waals surface area contributed by atoms with E-state index in [-0.39, 0.29) is 5.56 Å². The van der Waals surface area contributed by atoms with E-state index in [9.17, 15) is 8.78 Å². The van der Waals surface area contributed by atoms with E-state index in [2.05, 4.69) is 21.2 Å². The summed E-state index contributed by atoms with van der Waals surface area (Å²) < 4.78 is 34.5. The van der Waals surface area contributed by atoms with Crippen LogP contribution in [0.25, 0.3) is 0 Å². The van der Waals surface area contributed by atoms with Crippen LogP contribution in [0.15, 0.2) is 39.4 Å². The number of hydrogen-bond acceptors (Lipinski definition) is 3. The first kappa shape index (κ1) is 14.7. The Morgan fingerprint density at radius 1 is 1.19 bits per heavy atom. The summed E-state index contributed by atoms with van der Waals surface area (Å²) in [6, 6.07) is 5.52. The second-order valence-corrected chi connectivity index (χ2v) is 5.90. The zero-order valence-corrected chi connectivity index (χ0v) is 12.9. The average molecular weight is 357 g/mol. The van der Waals surface area contributed by atoms with Gasteiger partial charge >= 0.3 is 0 Å². The summed E-state index contributed by atoms with van der Waals surface area (Å²) >= 11 is 3.11. The first-order chi connectivity index (χ1) is 10.2. The maximum Gasteiger partial charge on any atom is 0.132 e. The highest BCUT2D eigenvalue weighted by atomic mass is 79.9. The number of benzene rings is 1.